The molecule has 0 saturated carbocycles. The first kappa shape index (κ1) is 18.2. The fourth-order valence-corrected chi connectivity index (χ4v) is 5.73. The normalized spacial score (nSPS) is 16.0. The third-order valence-corrected chi connectivity index (χ3v) is 7.31. The highest BCUT2D eigenvalue weighted by atomic mass is 35.5. The van der Waals surface area contributed by atoms with Gasteiger partial charge in [-0.15, -0.1) is 11.3 Å². The number of carbonyl (C=O) groups excluding carboxylic acids is 1. The summed E-state index contributed by atoms with van der Waals surface area (Å²) in [7, 11) is -2.20. The average Bonchev–Trinajstić information content (AvgIpc) is 3.12. The van der Waals surface area contributed by atoms with Gasteiger partial charge in [0, 0.05) is 43.9 Å². The number of benzene rings is 1. The van der Waals surface area contributed by atoms with Crippen LogP contribution in [0.4, 0.5) is 5.69 Å². The number of carbonyl (C=O) groups is 1. The number of nitrogens with zero attached hydrogens (tertiary/aromatic N) is 2. The van der Waals surface area contributed by atoms with Crippen molar-refractivity contribution >= 4 is 44.6 Å². The Balaban J connectivity index is 1.76. The van der Waals surface area contributed by atoms with E-state index in [0.29, 0.717) is 31.2 Å². The van der Waals surface area contributed by atoms with Crippen LogP contribution >= 0.6 is 22.9 Å². The predicted molar refractivity (Wildman–Crippen MR) is 100 cm³/mol. The summed E-state index contributed by atoms with van der Waals surface area (Å²) in [6, 6.07) is 9.01. The van der Waals surface area contributed by atoms with Crippen LogP contribution in [0.5, 0.6) is 0 Å². The second-order valence-electron chi connectivity index (χ2n) is 5.56. The first-order valence-electron chi connectivity index (χ1n) is 7.73. The van der Waals surface area contributed by atoms with Crippen LogP contribution in [-0.2, 0) is 10.0 Å². The lowest BCUT2D eigenvalue weighted by molar-refractivity contribution is 0.0964. The molecule has 25 heavy (non-hydrogen) atoms. The van der Waals surface area contributed by atoms with Crippen LogP contribution < -0.4 is 10.2 Å². The van der Waals surface area contributed by atoms with Crippen molar-refractivity contribution in [2.24, 2.45) is 0 Å². The van der Waals surface area contributed by atoms with Gasteiger partial charge in [0.1, 0.15) is 9.77 Å². The van der Waals surface area contributed by atoms with Gasteiger partial charge in [-0.25, -0.2) is 8.42 Å². The Labute approximate surface area is 156 Å². The molecule has 1 aromatic carbocycles. The van der Waals surface area contributed by atoms with Crippen LogP contribution in [0.1, 0.15) is 9.67 Å². The maximum Gasteiger partial charge on any atom is 0.262 e. The molecule has 1 amide bonds. The van der Waals surface area contributed by atoms with Crippen molar-refractivity contribution in [2.75, 3.05) is 38.1 Å². The van der Waals surface area contributed by atoms with Crippen molar-refractivity contribution in [3.63, 3.8) is 0 Å². The molecule has 6 nitrogen and oxygen atoms in total. The Kier molecular flexibility index (Phi) is 5.33. The number of halogens is 1. The van der Waals surface area contributed by atoms with E-state index in [9.17, 15) is 13.2 Å². The van der Waals surface area contributed by atoms with Crippen LogP contribution in [0.2, 0.25) is 5.02 Å². The van der Waals surface area contributed by atoms with E-state index in [1.807, 2.05) is 24.3 Å². The lowest BCUT2D eigenvalue weighted by Crippen LogP contribution is -2.48. The van der Waals surface area contributed by atoms with E-state index in [-0.39, 0.29) is 15.7 Å². The summed E-state index contributed by atoms with van der Waals surface area (Å²) < 4.78 is 27.2. The minimum Gasteiger partial charge on any atom is -0.369 e. The van der Waals surface area contributed by atoms with Gasteiger partial charge in [0.2, 0.25) is 10.0 Å². The topological polar surface area (TPSA) is 69.7 Å². The third kappa shape index (κ3) is 3.67. The van der Waals surface area contributed by atoms with Gasteiger partial charge in [0.05, 0.1) is 0 Å². The molecule has 0 bridgehead atoms. The lowest BCUT2D eigenvalue weighted by Gasteiger charge is -2.35. The van der Waals surface area contributed by atoms with Crippen LogP contribution in [0.25, 0.3) is 0 Å². The molecule has 0 aliphatic carbocycles. The Bertz CT molecular complexity index is 874. The molecule has 1 saturated heterocycles. The SMILES string of the molecule is CNC(=O)c1sccc1S(=O)(=O)N1CCN(c2cccc(Cl)c2)CC1. The number of piperazine rings is 1. The van der Waals surface area contributed by atoms with Gasteiger partial charge < -0.3 is 10.2 Å². The fourth-order valence-electron chi connectivity index (χ4n) is 2.78. The molecule has 1 N–H and O–H groups in total. The van der Waals surface area contributed by atoms with Crippen molar-refractivity contribution in [3.05, 3.63) is 45.6 Å². The smallest absolute Gasteiger partial charge is 0.262 e. The lowest BCUT2D eigenvalue weighted by atomic mass is 10.2. The fraction of sp³-hybridized carbons (Fsp3) is 0.312. The zero-order chi connectivity index (χ0) is 18.0. The largest absolute Gasteiger partial charge is 0.369 e. The molecule has 1 aromatic heterocycles. The highest BCUT2D eigenvalue weighted by Crippen LogP contribution is 2.27. The van der Waals surface area contributed by atoms with Crippen LogP contribution in [0.15, 0.2) is 40.6 Å². The van der Waals surface area contributed by atoms with Crippen molar-refractivity contribution in [1.82, 2.24) is 9.62 Å². The summed E-state index contributed by atoms with van der Waals surface area (Å²) in [5, 5.41) is 4.76. The molecule has 9 heteroatoms. The third-order valence-electron chi connectivity index (χ3n) is 4.09. The average molecular weight is 400 g/mol. The summed E-state index contributed by atoms with van der Waals surface area (Å²) in [5.74, 6) is -0.383. The number of sulfonamides is 1. The zero-order valence-electron chi connectivity index (χ0n) is 13.6. The van der Waals surface area contributed by atoms with Crippen molar-refractivity contribution < 1.29 is 13.2 Å². The Morgan fingerprint density at radius 3 is 2.56 bits per heavy atom. The van der Waals surface area contributed by atoms with Gasteiger partial charge in [0.25, 0.3) is 5.91 Å². The van der Waals surface area contributed by atoms with Gasteiger partial charge in [-0.1, -0.05) is 17.7 Å². The molecule has 1 aliphatic rings. The number of thiophene rings is 1. The van der Waals surface area contributed by atoms with E-state index >= 15 is 0 Å². The van der Waals surface area contributed by atoms with Crippen molar-refractivity contribution in [3.8, 4) is 0 Å². The quantitative estimate of drug-likeness (QED) is 0.856. The monoisotopic (exact) mass is 399 g/mol. The number of nitrogens with one attached hydrogen (secondary N) is 1. The Morgan fingerprint density at radius 1 is 1.20 bits per heavy atom. The zero-order valence-corrected chi connectivity index (χ0v) is 16.0. The van der Waals surface area contributed by atoms with Gasteiger partial charge >= 0.3 is 0 Å². The van der Waals surface area contributed by atoms with Gasteiger partial charge in [-0.2, -0.15) is 4.31 Å². The molecule has 134 valence electrons. The first-order valence-corrected chi connectivity index (χ1v) is 10.4. The molecule has 0 atom stereocenters. The maximum atomic E-state index is 12.9. The van der Waals surface area contributed by atoms with Gasteiger partial charge in [0.15, 0.2) is 0 Å². The van der Waals surface area contributed by atoms with Gasteiger partial charge in [-0.3, -0.25) is 4.79 Å². The van der Waals surface area contributed by atoms with E-state index in [2.05, 4.69) is 10.2 Å². The second kappa shape index (κ2) is 7.33. The summed E-state index contributed by atoms with van der Waals surface area (Å²) in [4.78, 5) is 14.3. The van der Waals surface area contributed by atoms with Gasteiger partial charge in [-0.05, 0) is 29.6 Å². The van der Waals surface area contributed by atoms with E-state index < -0.39 is 10.0 Å². The van der Waals surface area contributed by atoms with E-state index in [1.165, 1.54) is 17.4 Å². The maximum absolute atomic E-state index is 12.9. The molecule has 2 aromatic rings. The number of hydrogen-bond donors (Lipinski definition) is 1. The molecule has 0 unspecified atom stereocenters. The second-order valence-corrected chi connectivity index (χ2v) is 8.82. The Morgan fingerprint density at radius 2 is 1.92 bits per heavy atom. The van der Waals surface area contributed by atoms with Crippen LogP contribution in [0, 0.1) is 0 Å². The molecule has 3 rings (SSSR count). The highest BCUT2D eigenvalue weighted by molar-refractivity contribution is 7.89. The number of rotatable bonds is 4. The highest BCUT2D eigenvalue weighted by Gasteiger charge is 2.32. The molecule has 1 fully saturated rings. The molecule has 0 radical (unpaired) electrons. The molecule has 2 heterocycles. The van der Waals surface area contributed by atoms with Crippen molar-refractivity contribution in [1.29, 1.82) is 0 Å². The minimum absolute atomic E-state index is 0.0769. The molecule has 1 aliphatic heterocycles. The molecular formula is C16H18ClN3O3S2. The van der Waals surface area contributed by atoms with Crippen LogP contribution in [-0.4, -0.2) is 51.9 Å². The number of anilines is 1. The predicted octanol–water partition coefficient (Wildman–Crippen LogP) is 2.27. The van der Waals surface area contributed by atoms with Crippen LogP contribution in [0.3, 0.4) is 0 Å². The number of amides is 1. The first-order chi connectivity index (χ1) is 11.9. The van der Waals surface area contributed by atoms with E-state index in [1.54, 1.807) is 5.38 Å². The summed E-state index contributed by atoms with van der Waals surface area (Å²) in [5.41, 5.74) is 0.978. The number of hydrogen-bond acceptors (Lipinski definition) is 5. The minimum atomic E-state index is -3.69. The summed E-state index contributed by atoms with van der Waals surface area (Å²) in [6.07, 6.45) is 0. The van der Waals surface area contributed by atoms with Crippen molar-refractivity contribution in [2.45, 2.75) is 4.90 Å². The summed E-state index contributed by atoms with van der Waals surface area (Å²) in [6.45, 7) is 1.85. The van der Waals surface area contributed by atoms with E-state index in [4.69, 9.17) is 11.6 Å². The molecular weight excluding hydrogens is 382 g/mol. The summed E-state index contributed by atoms with van der Waals surface area (Å²) >= 11 is 7.15. The Hall–Kier alpha value is -1.61. The molecule has 0 spiro atoms. The standard InChI is InChI=1S/C16H18ClN3O3S2/c1-18-16(21)15-14(5-10-24-15)25(22,23)20-8-6-19(7-9-20)13-4-2-3-12(17)11-13/h2-5,10-11H,6-9H2,1H3,(H,18,21). The van der Waals surface area contributed by atoms with E-state index in [0.717, 1.165) is 17.0 Å².